The molecule has 3 heterocycles. The normalized spacial score (nSPS) is 21.7. The van der Waals surface area contributed by atoms with Gasteiger partial charge in [0, 0.05) is 12.0 Å². The number of halogens is 2. The Bertz CT molecular complexity index is 1390. The van der Waals surface area contributed by atoms with Gasteiger partial charge in [-0.05, 0) is 49.7 Å². The van der Waals surface area contributed by atoms with Crippen LogP contribution in [0.5, 0.6) is 0 Å². The van der Waals surface area contributed by atoms with Gasteiger partial charge in [0.2, 0.25) is 0 Å². The van der Waals surface area contributed by atoms with Crippen molar-refractivity contribution in [2.45, 2.75) is 31.8 Å². The smallest absolute Gasteiger partial charge is 0.325 e. The number of furan rings is 1. The summed E-state index contributed by atoms with van der Waals surface area (Å²) in [6.45, 7) is 2.59. The van der Waals surface area contributed by atoms with Crippen molar-refractivity contribution in [3.63, 3.8) is 0 Å². The number of imide groups is 1. The van der Waals surface area contributed by atoms with Crippen molar-refractivity contribution in [2.75, 3.05) is 6.54 Å². The van der Waals surface area contributed by atoms with Crippen LogP contribution in [0.25, 0.3) is 0 Å². The number of nitrogens with zero attached hydrogens (tertiary/aromatic N) is 3. The number of hydrogen-bond donors (Lipinski definition) is 1. The number of hydrogen-bond acceptors (Lipinski definition) is 5. The molecule has 10 heteroatoms. The fraction of sp³-hybridized carbons (Fsp3) is 0.231. The van der Waals surface area contributed by atoms with E-state index in [4.69, 9.17) is 4.42 Å². The van der Waals surface area contributed by atoms with E-state index in [0.717, 1.165) is 29.3 Å². The largest absolute Gasteiger partial charge is 0.467 e. The third-order valence-electron chi connectivity index (χ3n) is 6.46. The van der Waals surface area contributed by atoms with E-state index in [2.05, 4.69) is 10.4 Å². The highest BCUT2D eigenvalue weighted by atomic mass is 19.1. The first-order valence-electron chi connectivity index (χ1n) is 11.3. The number of nitrogens with one attached hydrogen (secondary N) is 1. The van der Waals surface area contributed by atoms with Crippen LogP contribution in [0.4, 0.5) is 13.6 Å². The summed E-state index contributed by atoms with van der Waals surface area (Å²) < 4.78 is 33.8. The van der Waals surface area contributed by atoms with Crippen molar-refractivity contribution in [1.82, 2.24) is 15.2 Å². The molecular formula is C26H22F2N4O4. The summed E-state index contributed by atoms with van der Waals surface area (Å²) >= 11 is 0. The van der Waals surface area contributed by atoms with Gasteiger partial charge in [0.05, 0.1) is 12.0 Å². The van der Waals surface area contributed by atoms with Crippen LogP contribution in [0.2, 0.25) is 0 Å². The second kappa shape index (κ2) is 8.71. The molecule has 1 aromatic heterocycles. The molecule has 4 amide bonds. The summed E-state index contributed by atoms with van der Waals surface area (Å²) in [6, 6.07) is 12.3. The summed E-state index contributed by atoms with van der Waals surface area (Å²) in [5.41, 5.74) is 0.352. The Morgan fingerprint density at radius 3 is 2.61 bits per heavy atom. The van der Waals surface area contributed by atoms with Crippen LogP contribution in [-0.4, -0.2) is 40.0 Å². The average Bonchev–Trinajstić information content (AvgIpc) is 3.57. The van der Waals surface area contributed by atoms with Crippen molar-refractivity contribution >= 4 is 23.6 Å². The molecule has 2 aliphatic heterocycles. The van der Waals surface area contributed by atoms with Gasteiger partial charge in [-0.25, -0.2) is 18.6 Å². The lowest BCUT2D eigenvalue weighted by atomic mass is 9.91. The third kappa shape index (κ3) is 3.94. The van der Waals surface area contributed by atoms with Gasteiger partial charge in [-0.3, -0.25) is 14.5 Å². The maximum Gasteiger partial charge on any atom is 0.325 e. The Balaban J connectivity index is 1.42. The molecule has 0 saturated carbocycles. The highest BCUT2D eigenvalue weighted by Crippen LogP contribution is 2.35. The number of aryl methyl sites for hydroxylation is 1. The van der Waals surface area contributed by atoms with E-state index in [1.807, 2.05) is 31.2 Å². The van der Waals surface area contributed by atoms with Crippen molar-refractivity contribution in [2.24, 2.45) is 5.10 Å². The van der Waals surface area contributed by atoms with Crippen molar-refractivity contribution in [3.8, 4) is 0 Å². The van der Waals surface area contributed by atoms with E-state index in [1.165, 1.54) is 18.2 Å². The number of benzene rings is 2. The minimum atomic E-state index is -1.87. The van der Waals surface area contributed by atoms with Crippen LogP contribution in [0.1, 0.15) is 41.8 Å². The summed E-state index contributed by atoms with van der Waals surface area (Å²) in [5.74, 6) is -2.63. The summed E-state index contributed by atoms with van der Waals surface area (Å²) in [6.07, 6.45) is 1.85. The zero-order chi connectivity index (χ0) is 25.6. The molecule has 184 valence electrons. The Morgan fingerprint density at radius 2 is 1.92 bits per heavy atom. The standard InChI is InChI=1S/C26H22F2N4O4/c1-15-5-7-16(8-6-15)20-13-21(22-4-3-11-36-22)32(30-20)23(33)14-31-24(34)26(2,29-25(31)35)18-12-17(27)9-10-19(18)28/h3-12,21H,13-14H2,1-2H3,(H,29,35)/t21-,26+/m0/s1. The molecule has 2 aromatic carbocycles. The molecule has 2 atom stereocenters. The summed E-state index contributed by atoms with van der Waals surface area (Å²) in [4.78, 5) is 40.0. The zero-order valence-electron chi connectivity index (χ0n) is 19.5. The van der Waals surface area contributed by atoms with E-state index < -0.39 is 47.6 Å². The van der Waals surface area contributed by atoms with Crippen molar-refractivity contribution < 1.29 is 27.6 Å². The second-order valence-corrected chi connectivity index (χ2v) is 8.96. The van der Waals surface area contributed by atoms with Gasteiger partial charge in [-0.1, -0.05) is 29.8 Å². The SMILES string of the molecule is Cc1ccc(C2=NN(C(=O)CN3C(=O)N[C@](C)(c4cc(F)ccc4F)C3=O)[C@H](c3ccco3)C2)cc1. The second-order valence-electron chi connectivity index (χ2n) is 8.96. The van der Waals surface area contributed by atoms with Gasteiger partial charge in [0.25, 0.3) is 11.8 Å². The Hall–Kier alpha value is -4.34. The van der Waals surface area contributed by atoms with E-state index >= 15 is 0 Å². The third-order valence-corrected chi connectivity index (χ3v) is 6.46. The van der Waals surface area contributed by atoms with Gasteiger partial charge in [0.1, 0.15) is 35.5 Å². The lowest BCUT2D eigenvalue weighted by Gasteiger charge is -2.24. The van der Waals surface area contributed by atoms with Crippen LogP contribution in [0.3, 0.4) is 0 Å². The van der Waals surface area contributed by atoms with Gasteiger partial charge < -0.3 is 9.73 Å². The lowest BCUT2D eigenvalue weighted by molar-refractivity contribution is -0.140. The van der Waals surface area contributed by atoms with Crippen LogP contribution in [0.15, 0.2) is 70.4 Å². The zero-order valence-corrected chi connectivity index (χ0v) is 19.5. The number of hydrazone groups is 1. The van der Waals surface area contributed by atoms with Crippen molar-refractivity contribution in [1.29, 1.82) is 0 Å². The first-order valence-corrected chi connectivity index (χ1v) is 11.3. The predicted molar refractivity (Wildman–Crippen MR) is 125 cm³/mol. The molecule has 0 unspecified atom stereocenters. The molecule has 0 aliphatic carbocycles. The average molecular weight is 492 g/mol. The fourth-order valence-electron chi connectivity index (χ4n) is 4.47. The minimum Gasteiger partial charge on any atom is -0.467 e. The van der Waals surface area contributed by atoms with Crippen LogP contribution < -0.4 is 5.32 Å². The molecule has 0 bridgehead atoms. The monoisotopic (exact) mass is 492 g/mol. The van der Waals surface area contributed by atoms with Gasteiger partial charge >= 0.3 is 6.03 Å². The maximum absolute atomic E-state index is 14.4. The van der Waals surface area contributed by atoms with Crippen LogP contribution in [0, 0.1) is 18.6 Å². The molecule has 1 fully saturated rings. The highest BCUT2D eigenvalue weighted by molar-refractivity contribution is 6.09. The number of urea groups is 1. The Kier molecular flexibility index (Phi) is 5.66. The molecule has 2 aliphatic rings. The molecule has 0 radical (unpaired) electrons. The lowest BCUT2D eigenvalue weighted by Crippen LogP contribution is -2.44. The molecule has 5 rings (SSSR count). The van der Waals surface area contributed by atoms with E-state index in [9.17, 15) is 23.2 Å². The predicted octanol–water partition coefficient (Wildman–Crippen LogP) is 4.01. The molecule has 36 heavy (non-hydrogen) atoms. The maximum atomic E-state index is 14.4. The number of carbonyl (C=O) groups is 3. The highest BCUT2D eigenvalue weighted by Gasteiger charge is 2.51. The van der Waals surface area contributed by atoms with E-state index in [-0.39, 0.29) is 5.56 Å². The molecule has 1 N–H and O–H groups in total. The number of amides is 4. The van der Waals surface area contributed by atoms with Crippen molar-refractivity contribution in [3.05, 3.63) is 94.9 Å². The minimum absolute atomic E-state index is 0.329. The number of carbonyl (C=O) groups excluding carboxylic acids is 3. The van der Waals surface area contributed by atoms with Gasteiger partial charge in [0.15, 0.2) is 0 Å². The van der Waals surface area contributed by atoms with Crippen LogP contribution in [-0.2, 0) is 15.1 Å². The van der Waals surface area contributed by atoms with E-state index in [1.54, 1.807) is 12.1 Å². The summed E-state index contributed by atoms with van der Waals surface area (Å²) in [5, 5.41) is 8.10. The molecule has 0 spiro atoms. The quantitative estimate of drug-likeness (QED) is 0.545. The van der Waals surface area contributed by atoms with E-state index in [0.29, 0.717) is 22.8 Å². The Labute approximate surface area is 205 Å². The molecule has 1 saturated heterocycles. The molecule has 8 nitrogen and oxygen atoms in total. The number of rotatable bonds is 5. The first kappa shape index (κ1) is 23.4. The molecule has 3 aromatic rings. The molecular weight excluding hydrogens is 470 g/mol. The Morgan fingerprint density at radius 1 is 1.17 bits per heavy atom. The topological polar surface area (TPSA) is 95.2 Å². The first-order chi connectivity index (χ1) is 17.2. The van der Waals surface area contributed by atoms with Gasteiger partial charge in [-0.15, -0.1) is 0 Å². The summed E-state index contributed by atoms with van der Waals surface area (Å²) in [7, 11) is 0. The van der Waals surface area contributed by atoms with Gasteiger partial charge in [-0.2, -0.15) is 5.10 Å². The van der Waals surface area contributed by atoms with Crippen LogP contribution >= 0.6 is 0 Å². The fourth-order valence-corrected chi connectivity index (χ4v) is 4.47.